The van der Waals surface area contributed by atoms with E-state index in [1.165, 1.54) is 57.2 Å². The molecule has 3 atom stereocenters. The molecular weight excluding hydrogens is 382 g/mol. The first-order chi connectivity index (χ1) is 15.2. The summed E-state index contributed by atoms with van der Waals surface area (Å²) in [6, 6.07) is 8.11. The van der Waals surface area contributed by atoms with E-state index in [9.17, 15) is 0 Å². The fourth-order valence-electron chi connectivity index (χ4n) is 5.01. The quantitative estimate of drug-likeness (QED) is 0.330. The number of aromatic nitrogens is 1. The third kappa shape index (κ3) is 6.54. The van der Waals surface area contributed by atoms with Crippen LogP contribution >= 0.6 is 0 Å². The molecule has 0 saturated carbocycles. The molecule has 0 amide bonds. The minimum Gasteiger partial charge on any atom is -0.497 e. The van der Waals surface area contributed by atoms with E-state index in [0.717, 1.165) is 36.0 Å². The molecule has 31 heavy (non-hydrogen) atoms. The molecule has 0 radical (unpaired) electrons. The second kappa shape index (κ2) is 12.2. The van der Waals surface area contributed by atoms with Gasteiger partial charge in [0, 0.05) is 24.2 Å². The molecule has 2 aromatic rings. The third-order valence-electron chi connectivity index (χ3n) is 7.00. The molecule has 2 heterocycles. The summed E-state index contributed by atoms with van der Waals surface area (Å²) in [7, 11) is 1.70. The number of hydrogen-bond acceptors (Lipinski definition) is 4. The fourth-order valence-corrected chi connectivity index (χ4v) is 5.01. The van der Waals surface area contributed by atoms with Crippen LogP contribution in [0.3, 0.4) is 0 Å². The van der Waals surface area contributed by atoms with Crippen molar-refractivity contribution < 1.29 is 4.74 Å². The van der Waals surface area contributed by atoms with Crippen LogP contribution in [0, 0.1) is 11.8 Å². The molecular formula is C27H41N3O. The minimum atomic E-state index is 0.0136. The maximum atomic E-state index is 6.68. The van der Waals surface area contributed by atoms with Crippen molar-refractivity contribution in [3.05, 3.63) is 48.7 Å². The highest BCUT2D eigenvalue weighted by molar-refractivity contribution is 5.83. The van der Waals surface area contributed by atoms with E-state index >= 15 is 0 Å². The van der Waals surface area contributed by atoms with Crippen molar-refractivity contribution in [2.45, 2.75) is 64.3 Å². The second-order valence-electron chi connectivity index (χ2n) is 9.13. The number of ether oxygens (including phenoxy) is 1. The molecule has 1 aliphatic rings. The van der Waals surface area contributed by atoms with Gasteiger partial charge in [0.05, 0.1) is 12.6 Å². The SMILES string of the molecule is C=C[C@H]1CN(CCCCCCC)CC[C@H]1CC[C@@H](N)c1ccnc2ccc(OC)cc12. The number of rotatable bonds is 12. The molecule has 1 saturated heterocycles. The topological polar surface area (TPSA) is 51.4 Å². The highest BCUT2D eigenvalue weighted by Crippen LogP contribution is 2.33. The Morgan fingerprint density at radius 2 is 2.10 bits per heavy atom. The van der Waals surface area contributed by atoms with Crippen molar-refractivity contribution >= 4 is 10.9 Å². The van der Waals surface area contributed by atoms with Crippen LogP contribution in [0.1, 0.15) is 69.9 Å². The standard InChI is InChI=1S/C27H41N3O/c1-4-6-7-8-9-17-30-18-15-22(21(5-2)20-30)10-12-26(28)24-14-16-29-27-13-11-23(31-3)19-25(24)27/h5,11,13-14,16,19,21-22,26H,2,4,6-10,12,15,17-18,20,28H2,1,3H3/t21-,22+,26+/m0/s1. The van der Waals surface area contributed by atoms with Crippen LogP contribution < -0.4 is 10.5 Å². The van der Waals surface area contributed by atoms with Gasteiger partial charge in [0.2, 0.25) is 0 Å². The normalized spacial score (nSPS) is 20.6. The predicted molar refractivity (Wildman–Crippen MR) is 131 cm³/mol. The summed E-state index contributed by atoms with van der Waals surface area (Å²) >= 11 is 0. The van der Waals surface area contributed by atoms with E-state index in [0.29, 0.717) is 11.8 Å². The number of unbranched alkanes of at least 4 members (excludes halogenated alkanes) is 4. The van der Waals surface area contributed by atoms with Crippen LogP contribution in [0.25, 0.3) is 10.9 Å². The number of benzene rings is 1. The van der Waals surface area contributed by atoms with Crippen molar-refractivity contribution in [1.29, 1.82) is 0 Å². The Hall–Kier alpha value is -1.91. The lowest BCUT2D eigenvalue weighted by Gasteiger charge is -2.38. The largest absolute Gasteiger partial charge is 0.497 e. The zero-order valence-corrected chi connectivity index (χ0v) is 19.6. The van der Waals surface area contributed by atoms with Crippen LogP contribution in [0.15, 0.2) is 43.1 Å². The van der Waals surface area contributed by atoms with Crippen molar-refractivity contribution in [1.82, 2.24) is 9.88 Å². The molecule has 0 bridgehead atoms. The van der Waals surface area contributed by atoms with Crippen molar-refractivity contribution in [2.24, 2.45) is 17.6 Å². The summed E-state index contributed by atoms with van der Waals surface area (Å²) < 4.78 is 5.41. The second-order valence-corrected chi connectivity index (χ2v) is 9.13. The maximum Gasteiger partial charge on any atom is 0.119 e. The molecule has 2 N–H and O–H groups in total. The van der Waals surface area contributed by atoms with Gasteiger partial charge in [-0.1, -0.05) is 38.7 Å². The first-order valence-corrected chi connectivity index (χ1v) is 12.2. The van der Waals surface area contributed by atoms with E-state index in [-0.39, 0.29) is 6.04 Å². The zero-order chi connectivity index (χ0) is 22.1. The van der Waals surface area contributed by atoms with Gasteiger partial charge in [0.15, 0.2) is 0 Å². The lowest BCUT2D eigenvalue weighted by atomic mass is 9.81. The molecule has 0 aliphatic carbocycles. The molecule has 1 aromatic carbocycles. The van der Waals surface area contributed by atoms with Crippen LogP contribution in [-0.2, 0) is 0 Å². The third-order valence-corrected chi connectivity index (χ3v) is 7.00. The van der Waals surface area contributed by atoms with Crippen LogP contribution in [0.4, 0.5) is 0 Å². The van der Waals surface area contributed by atoms with Crippen molar-refractivity contribution in [3.8, 4) is 5.75 Å². The highest BCUT2D eigenvalue weighted by Gasteiger charge is 2.27. The number of piperidine rings is 1. The summed E-state index contributed by atoms with van der Waals surface area (Å²) in [5.74, 6) is 2.11. The van der Waals surface area contributed by atoms with Crippen LogP contribution in [0.2, 0.25) is 0 Å². The van der Waals surface area contributed by atoms with E-state index in [4.69, 9.17) is 10.5 Å². The monoisotopic (exact) mass is 423 g/mol. The van der Waals surface area contributed by atoms with Crippen LogP contribution in [-0.4, -0.2) is 36.6 Å². The average Bonchev–Trinajstić information content (AvgIpc) is 2.81. The first kappa shape index (κ1) is 23.7. The number of nitrogens with zero attached hydrogens (tertiary/aromatic N) is 2. The summed E-state index contributed by atoms with van der Waals surface area (Å²) in [5, 5.41) is 1.10. The number of nitrogens with two attached hydrogens (primary N) is 1. The van der Waals surface area contributed by atoms with Gasteiger partial charge in [0.1, 0.15) is 5.75 Å². The van der Waals surface area contributed by atoms with E-state index in [1.54, 1.807) is 7.11 Å². The molecule has 4 nitrogen and oxygen atoms in total. The first-order valence-electron chi connectivity index (χ1n) is 12.2. The fraction of sp³-hybridized carbons (Fsp3) is 0.593. The Morgan fingerprint density at radius 3 is 2.87 bits per heavy atom. The Kier molecular flexibility index (Phi) is 9.35. The van der Waals surface area contributed by atoms with Gasteiger partial charge >= 0.3 is 0 Å². The molecule has 3 rings (SSSR count). The summed E-state index contributed by atoms with van der Waals surface area (Å²) in [5.41, 5.74) is 8.83. The summed E-state index contributed by atoms with van der Waals surface area (Å²) in [6.07, 6.45) is 14.2. The number of pyridine rings is 1. The molecule has 0 spiro atoms. The minimum absolute atomic E-state index is 0.0136. The number of methoxy groups -OCH3 is 1. The maximum absolute atomic E-state index is 6.68. The van der Waals surface area contributed by atoms with Crippen molar-refractivity contribution in [3.63, 3.8) is 0 Å². The number of hydrogen-bond donors (Lipinski definition) is 1. The lowest BCUT2D eigenvalue weighted by Crippen LogP contribution is -2.40. The van der Waals surface area contributed by atoms with Gasteiger partial charge < -0.3 is 15.4 Å². The Labute approximate surface area is 188 Å². The molecule has 1 fully saturated rings. The molecule has 170 valence electrons. The van der Waals surface area contributed by atoms with Gasteiger partial charge in [0.25, 0.3) is 0 Å². The van der Waals surface area contributed by atoms with Gasteiger partial charge in [-0.15, -0.1) is 6.58 Å². The molecule has 0 unspecified atom stereocenters. The Balaban J connectivity index is 1.54. The smallest absolute Gasteiger partial charge is 0.119 e. The Morgan fingerprint density at radius 1 is 1.26 bits per heavy atom. The highest BCUT2D eigenvalue weighted by atomic mass is 16.5. The summed E-state index contributed by atoms with van der Waals surface area (Å²) in [4.78, 5) is 7.14. The van der Waals surface area contributed by atoms with Gasteiger partial charge in [-0.05, 0) is 80.4 Å². The molecule has 1 aromatic heterocycles. The number of fused-ring (bicyclic) bond motifs is 1. The van der Waals surface area contributed by atoms with Crippen molar-refractivity contribution in [2.75, 3.05) is 26.7 Å². The van der Waals surface area contributed by atoms with E-state index < -0.39 is 0 Å². The van der Waals surface area contributed by atoms with Gasteiger partial charge in [-0.3, -0.25) is 4.98 Å². The van der Waals surface area contributed by atoms with Crippen LogP contribution in [0.5, 0.6) is 5.75 Å². The lowest BCUT2D eigenvalue weighted by molar-refractivity contribution is 0.134. The number of likely N-dealkylation sites (tertiary alicyclic amines) is 1. The molecule has 1 aliphatic heterocycles. The predicted octanol–water partition coefficient (Wildman–Crippen LogP) is 6.12. The summed E-state index contributed by atoms with van der Waals surface area (Å²) in [6.45, 7) is 10.0. The molecule has 4 heteroatoms. The van der Waals surface area contributed by atoms with Gasteiger partial charge in [-0.2, -0.15) is 0 Å². The van der Waals surface area contributed by atoms with E-state index in [1.807, 2.05) is 18.3 Å². The van der Waals surface area contributed by atoms with Gasteiger partial charge in [-0.25, -0.2) is 0 Å². The average molecular weight is 424 g/mol. The zero-order valence-electron chi connectivity index (χ0n) is 19.6. The Bertz CT molecular complexity index is 821. The van der Waals surface area contributed by atoms with E-state index in [2.05, 4.69) is 41.6 Å².